The average molecular weight is 176 g/mol. The Kier molecular flexibility index (Phi) is 2.38. The van der Waals surface area contributed by atoms with Crippen LogP contribution in [0.1, 0.15) is 12.8 Å². The molecule has 0 radical (unpaired) electrons. The highest BCUT2D eigenvalue weighted by molar-refractivity contribution is 8.02. The van der Waals surface area contributed by atoms with Crippen molar-refractivity contribution in [1.29, 1.82) is 0 Å². The SMILES string of the molecule is O=C(O)[C@@H]1CC[C@H](C(=O)O)S1. The smallest absolute Gasteiger partial charge is 0.316 e. The number of aliphatic carboxylic acids is 2. The fourth-order valence-electron chi connectivity index (χ4n) is 1.00. The molecule has 0 aromatic rings. The molecule has 5 heteroatoms. The lowest BCUT2D eigenvalue weighted by Crippen LogP contribution is -2.15. The minimum Gasteiger partial charge on any atom is -0.480 e. The van der Waals surface area contributed by atoms with Crippen LogP contribution in [0.4, 0.5) is 0 Å². The topological polar surface area (TPSA) is 74.6 Å². The van der Waals surface area contributed by atoms with E-state index in [1.165, 1.54) is 0 Å². The lowest BCUT2D eigenvalue weighted by atomic mass is 10.2. The molecule has 1 aliphatic rings. The molecular formula is C6H8O4S. The number of rotatable bonds is 2. The van der Waals surface area contributed by atoms with Gasteiger partial charge in [-0.2, -0.15) is 0 Å². The van der Waals surface area contributed by atoms with Crippen LogP contribution in [0.5, 0.6) is 0 Å². The summed E-state index contributed by atoms with van der Waals surface area (Å²) < 4.78 is 0. The largest absolute Gasteiger partial charge is 0.480 e. The first-order valence-corrected chi connectivity index (χ1v) is 4.16. The molecule has 0 aromatic carbocycles. The number of hydrogen-bond acceptors (Lipinski definition) is 3. The van der Waals surface area contributed by atoms with Gasteiger partial charge in [-0.15, -0.1) is 11.8 Å². The Morgan fingerprint density at radius 2 is 1.45 bits per heavy atom. The zero-order chi connectivity index (χ0) is 8.43. The number of carboxylic acid groups (broad SMARTS) is 2. The van der Waals surface area contributed by atoms with E-state index < -0.39 is 22.4 Å². The molecule has 11 heavy (non-hydrogen) atoms. The Morgan fingerprint density at radius 1 is 1.09 bits per heavy atom. The molecule has 0 aromatic heterocycles. The van der Waals surface area contributed by atoms with Crippen LogP contribution < -0.4 is 0 Å². The van der Waals surface area contributed by atoms with Gasteiger partial charge in [0.1, 0.15) is 10.5 Å². The maximum atomic E-state index is 10.4. The van der Waals surface area contributed by atoms with Crippen LogP contribution in [0.3, 0.4) is 0 Å². The zero-order valence-corrected chi connectivity index (χ0v) is 6.50. The molecule has 62 valence electrons. The van der Waals surface area contributed by atoms with Gasteiger partial charge in [-0.25, -0.2) is 0 Å². The van der Waals surface area contributed by atoms with Crippen molar-refractivity contribution < 1.29 is 19.8 Å². The number of hydrogen-bond donors (Lipinski definition) is 2. The Labute approximate surface area is 67.6 Å². The van der Waals surface area contributed by atoms with E-state index in [-0.39, 0.29) is 0 Å². The van der Waals surface area contributed by atoms with Crippen LogP contribution in [0.25, 0.3) is 0 Å². The van der Waals surface area contributed by atoms with E-state index in [1.807, 2.05) is 0 Å². The first-order valence-electron chi connectivity index (χ1n) is 3.22. The number of carbonyl (C=O) groups is 2. The van der Waals surface area contributed by atoms with Gasteiger partial charge in [0.2, 0.25) is 0 Å². The van der Waals surface area contributed by atoms with E-state index in [9.17, 15) is 9.59 Å². The summed E-state index contributed by atoms with van der Waals surface area (Å²) in [5.74, 6) is -1.81. The maximum Gasteiger partial charge on any atom is 0.316 e. The van der Waals surface area contributed by atoms with E-state index in [0.29, 0.717) is 12.8 Å². The minimum atomic E-state index is -0.904. The first kappa shape index (κ1) is 8.39. The van der Waals surface area contributed by atoms with Crippen molar-refractivity contribution in [2.75, 3.05) is 0 Å². The van der Waals surface area contributed by atoms with Gasteiger partial charge in [0.25, 0.3) is 0 Å². The van der Waals surface area contributed by atoms with Gasteiger partial charge < -0.3 is 10.2 Å². The lowest BCUT2D eigenvalue weighted by molar-refractivity contribution is -0.137. The summed E-state index contributed by atoms with van der Waals surface area (Å²) in [6.07, 6.45) is 0.938. The Morgan fingerprint density at radius 3 is 1.64 bits per heavy atom. The molecule has 1 fully saturated rings. The molecule has 0 saturated carbocycles. The molecule has 0 amide bonds. The fraction of sp³-hybridized carbons (Fsp3) is 0.667. The second-order valence-corrected chi connectivity index (χ2v) is 3.78. The lowest BCUT2D eigenvalue weighted by Gasteiger charge is -2.01. The summed E-state index contributed by atoms with van der Waals surface area (Å²) in [5.41, 5.74) is 0. The molecule has 4 nitrogen and oxygen atoms in total. The number of thioether (sulfide) groups is 1. The van der Waals surface area contributed by atoms with Crippen LogP contribution >= 0.6 is 11.8 Å². The van der Waals surface area contributed by atoms with Crippen LogP contribution in [-0.4, -0.2) is 32.7 Å². The zero-order valence-electron chi connectivity index (χ0n) is 5.69. The van der Waals surface area contributed by atoms with E-state index in [1.54, 1.807) is 0 Å². The van der Waals surface area contributed by atoms with Gasteiger partial charge in [-0.1, -0.05) is 0 Å². The van der Waals surface area contributed by atoms with Crippen molar-refractivity contribution in [1.82, 2.24) is 0 Å². The van der Waals surface area contributed by atoms with Gasteiger partial charge in [0, 0.05) is 0 Å². The van der Waals surface area contributed by atoms with Crippen LogP contribution in [0.15, 0.2) is 0 Å². The molecule has 2 atom stereocenters. The maximum absolute atomic E-state index is 10.4. The summed E-state index contributed by atoms with van der Waals surface area (Å²) in [4.78, 5) is 20.7. The predicted octanol–water partition coefficient (Wildman–Crippen LogP) is 0.420. The molecule has 1 aliphatic heterocycles. The van der Waals surface area contributed by atoms with Crippen molar-refractivity contribution in [3.8, 4) is 0 Å². The van der Waals surface area contributed by atoms with Crippen molar-refractivity contribution in [3.63, 3.8) is 0 Å². The van der Waals surface area contributed by atoms with Gasteiger partial charge in [0.05, 0.1) is 0 Å². The van der Waals surface area contributed by atoms with Crippen LogP contribution in [0, 0.1) is 0 Å². The van der Waals surface area contributed by atoms with Crippen molar-refractivity contribution in [2.45, 2.75) is 23.3 Å². The third-order valence-corrected chi connectivity index (χ3v) is 3.10. The van der Waals surface area contributed by atoms with E-state index in [4.69, 9.17) is 10.2 Å². The predicted molar refractivity (Wildman–Crippen MR) is 39.7 cm³/mol. The highest BCUT2D eigenvalue weighted by Gasteiger charge is 2.34. The van der Waals surface area contributed by atoms with Crippen molar-refractivity contribution >= 4 is 23.7 Å². The Hall–Kier alpha value is -0.710. The normalized spacial score (nSPS) is 30.2. The quantitative estimate of drug-likeness (QED) is 0.637. The fourth-order valence-corrected chi connectivity index (χ4v) is 2.17. The van der Waals surface area contributed by atoms with E-state index >= 15 is 0 Å². The second-order valence-electron chi connectivity index (χ2n) is 2.37. The summed E-state index contributed by atoms with van der Waals surface area (Å²) >= 11 is 1.03. The number of carboxylic acids is 2. The first-order chi connectivity index (χ1) is 5.11. The monoisotopic (exact) mass is 176 g/mol. The Bertz CT molecular complexity index is 171. The van der Waals surface area contributed by atoms with Crippen LogP contribution in [0.2, 0.25) is 0 Å². The molecule has 1 rings (SSSR count). The third kappa shape index (κ3) is 1.86. The van der Waals surface area contributed by atoms with Crippen molar-refractivity contribution in [3.05, 3.63) is 0 Å². The minimum absolute atomic E-state index is 0.469. The van der Waals surface area contributed by atoms with E-state index in [2.05, 4.69) is 0 Å². The van der Waals surface area contributed by atoms with E-state index in [0.717, 1.165) is 11.8 Å². The molecule has 0 bridgehead atoms. The molecule has 0 aliphatic carbocycles. The third-order valence-electron chi connectivity index (χ3n) is 1.57. The molecule has 0 unspecified atom stereocenters. The van der Waals surface area contributed by atoms with Gasteiger partial charge in [0.15, 0.2) is 0 Å². The standard InChI is InChI=1S/C6H8O4S/c7-5(8)3-1-2-4(11-3)6(9)10/h3-4H,1-2H2,(H,7,8)(H,9,10)/t3-,4+. The average Bonchev–Trinajstić information content (AvgIpc) is 2.33. The molecule has 1 saturated heterocycles. The highest BCUT2D eigenvalue weighted by atomic mass is 32.2. The van der Waals surface area contributed by atoms with Gasteiger partial charge >= 0.3 is 11.9 Å². The summed E-state index contributed by atoms with van der Waals surface area (Å²) in [6.45, 7) is 0. The summed E-state index contributed by atoms with van der Waals surface area (Å²) in [6, 6.07) is 0. The summed E-state index contributed by atoms with van der Waals surface area (Å²) in [7, 11) is 0. The van der Waals surface area contributed by atoms with Gasteiger partial charge in [-0.05, 0) is 12.8 Å². The molecule has 0 spiro atoms. The Balaban J connectivity index is 2.47. The molecule has 2 N–H and O–H groups in total. The molecule has 1 heterocycles. The molecular weight excluding hydrogens is 168 g/mol. The second kappa shape index (κ2) is 3.13. The van der Waals surface area contributed by atoms with Crippen molar-refractivity contribution in [2.24, 2.45) is 0 Å². The van der Waals surface area contributed by atoms with Crippen LogP contribution in [-0.2, 0) is 9.59 Å². The van der Waals surface area contributed by atoms with Gasteiger partial charge in [-0.3, -0.25) is 9.59 Å². The highest BCUT2D eigenvalue weighted by Crippen LogP contribution is 2.33. The summed E-state index contributed by atoms with van der Waals surface area (Å²) in [5, 5.41) is 16.0.